The number of benzene rings is 1. The molecule has 0 saturated heterocycles. The second-order valence-corrected chi connectivity index (χ2v) is 10.7. The summed E-state index contributed by atoms with van der Waals surface area (Å²) in [5, 5.41) is 1.07. The summed E-state index contributed by atoms with van der Waals surface area (Å²) >= 11 is 4.05. The SMILES string of the molecule is Cc1cc(N(Cc2cccc(I)c2)C(=O)C2C(C)(C)C2(C)C)sc1C. The minimum atomic E-state index is 0.0504. The topological polar surface area (TPSA) is 20.3 Å². The summed E-state index contributed by atoms with van der Waals surface area (Å²) in [4.78, 5) is 16.8. The van der Waals surface area contributed by atoms with Crippen LogP contribution in [0.4, 0.5) is 5.00 Å². The largest absolute Gasteiger partial charge is 0.299 e. The van der Waals surface area contributed by atoms with E-state index in [4.69, 9.17) is 0 Å². The zero-order valence-corrected chi connectivity index (χ0v) is 18.8. The summed E-state index contributed by atoms with van der Waals surface area (Å²) in [7, 11) is 0. The summed E-state index contributed by atoms with van der Waals surface area (Å²) in [6.45, 7) is 13.7. The van der Waals surface area contributed by atoms with Gasteiger partial charge in [-0.05, 0) is 76.6 Å². The Labute approximate surface area is 168 Å². The number of hydrogen-bond acceptors (Lipinski definition) is 2. The molecule has 134 valence electrons. The minimum absolute atomic E-state index is 0.0504. The van der Waals surface area contributed by atoms with Crippen molar-refractivity contribution in [2.45, 2.75) is 48.1 Å². The molecule has 1 aromatic carbocycles. The van der Waals surface area contributed by atoms with Gasteiger partial charge in [0.1, 0.15) is 0 Å². The van der Waals surface area contributed by atoms with Crippen molar-refractivity contribution >= 4 is 44.8 Å². The molecule has 1 aliphatic carbocycles. The lowest BCUT2D eigenvalue weighted by Gasteiger charge is -2.23. The smallest absolute Gasteiger partial charge is 0.232 e. The Morgan fingerprint density at radius 2 is 1.80 bits per heavy atom. The number of carbonyl (C=O) groups excluding carboxylic acids is 1. The predicted octanol–water partition coefficient (Wildman–Crippen LogP) is 6.18. The normalized spacial score (nSPS) is 18.2. The van der Waals surface area contributed by atoms with Gasteiger partial charge in [0.2, 0.25) is 5.91 Å². The van der Waals surface area contributed by atoms with E-state index in [1.54, 1.807) is 11.3 Å². The maximum Gasteiger partial charge on any atom is 0.232 e. The Kier molecular flexibility index (Phi) is 4.82. The van der Waals surface area contributed by atoms with E-state index in [0.29, 0.717) is 6.54 Å². The van der Waals surface area contributed by atoms with E-state index in [9.17, 15) is 4.79 Å². The molecule has 1 fully saturated rings. The second-order valence-electron chi connectivity index (χ2n) is 8.25. The molecule has 1 saturated carbocycles. The van der Waals surface area contributed by atoms with Crippen LogP contribution in [0.1, 0.15) is 43.7 Å². The van der Waals surface area contributed by atoms with Gasteiger partial charge in [-0.25, -0.2) is 0 Å². The first-order valence-electron chi connectivity index (χ1n) is 8.68. The van der Waals surface area contributed by atoms with Crippen molar-refractivity contribution in [2.75, 3.05) is 4.90 Å². The van der Waals surface area contributed by atoms with Gasteiger partial charge in [0, 0.05) is 14.4 Å². The number of rotatable bonds is 4. The molecule has 4 heteroatoms. The third-order valence-electron chi connectivity index (χ3n) is 6.18. The number of nitrogens with zero attached hydrogens (tertiary/aromatic N) is 1. The number of amides is 1. The molecule has 3 rings (SSSR count). The first kappa shape index (κ1) is 18.9. The summed E-state index contributed by atoms with van der Waals surface area (Å²) in [6.07, 6.45) is 0. The third kappa shape index (κ3) is 3.27. The molecule has 0 unspecified atom stereocenters. The van der Waals surface area contributed by atoms with Crippen molar-refractivity contribution in [3.05, 3.63) is 49.9 Å². The van der Waals surface area contributed by atoms with Crippen LogP contribution in [0.2, 0.25) is 0 Å². The predicted molar refractivity (Wildman–Crippen MR) is 115 cm³/mol. The van der Waals surface area contributed by atoms with E-state index in [0.717, 1.165) is 5.00 Å². The van der Waals surface area contributed by atoms with Gasteiger partial charge in [0.25, 0.3) is 0 Å². The van der Waals surface area contributed by atoms with Crippen molar-refractivity contribution < 1.29 is 4.79 Å². The Balaban J connectivity index is 1.96. The van der Waals surface area contributed by atoms with E-state index >= 15 is 0 Å². The molecule has 0 atom stereocenters. The monoisotopic (exact) mass is 467 g/mol. The Bertz CT molecular complexity index is 788. The molecule has 1 amide bonds. The van der Waals surface area contributed by atoms with Crippen LogP contribution in [0.3, 0.4) is 0 Å². The van der Waals surface area contributed by atoms with E-state index in [2.05, 4.69) is 94.5 Å². The number of halogens is 1. The number of thiophene rings is 1. The average Bonchev–Trinajstić information content (AvgIpc) is 2.74. The van der Waals surface area contributed by atoms with Gasteiger partial charge < -0.3 is 0 Å². The summed E-state index contributed by atoms with van der Waals surface area (Å²) in [5.74, 6) is 0.334. The van der Waals surface area contributed by atoms with Gasteiger partial charge >= 0.3 is 0 Å². The van der Waals surface area contributed by atoms with Crippen molar-refractivity contribution in [3.63, 3.8) is 0 Å². The number of carbonyl (C=O) groups is 1. The highest BCUT2D eigenvalue weighted by molar-refractivity contribution is 14.1. The van der Waals surface area contributed by atoms with Crippen LogP contribution in [-0.2, 0) is 11.3 Å². The molecule has 2 nitrogen and oxygen atoms in total. The van der Waals surface area contributed by atoms with Crippen molar-refractivity contribution in [1.29, 1.82) is 0 Å². The molecule has 0 aliphatic heterocycles. The summed E-state index contributed by atoms with van der Waals surface area (Å²) < 4.78 is 1.20. The lowest BCUT2D eigenvalue weighted by molar-refractivity contribution is -0.121. The Morgan fingerprint density at radius 3 is 2.28 bits per heavy atom. The first-order valence-corrected chi connectivity index (χ1v) is 10.6. The molecule has 0 spiro atoms. The fraction of sp³-hybridized carbons (Fsp3) is 0.476. The van der Waals surface area contributed by atoms with Gasteiger partial charge in [-0.1, -0.05) is 39.8 Å². The van der Waals surface area contributed by atoms with Crippen LogP contribution >= 0.6 is 33.9 Å². The highest BCUT2D eigenvalue weighted by Crippen LogP contribution is 2.69. The van der Waals surface area contributed by atoms with Crippen LogP contribution in [0, 0.1) is 34.2 Å². The molecule has 1 heterocycles. The zero-order valence-electron chi connectivity index (χ0n) is 15.8. The Morgan fingerprint density at radius 1 is 1.16 bits per heavy atom. The van der Waals surface area contributed by atoms with Crippen molar-refractivity contribution in [1.82, 2.24) is 0 Å². The maximum atomic E-state index is 13.5. The van der Waals surface area contributed by atoms with Gasteiger partial charge in [-0.2, -0.15) is 0 Å². The van der Waals surface area contributed by atoms with Crippen LogP contribution in [0.25, 0.3) is 0 Å². The number of hydrogen-bond donors (Lipinski definition) is 0. The van der Waals surface area contributed by atoms with Gasteiger partial charge in [0.05, 0.1) is 11.5 Å². The summed E-state index contributed by atoms with van der Waals surface area (Å²) in [6, 6.07) is 10.6. The minimum Gasteiger partial charge on any atom is -0.299 e. The van der Waals surface area contributed by atoms with Gasteiger partial charge in [-0.3, -0.25) is 9.69 Å². The van der Waals surface area contributed by atoms with E-state index in [-0.39, 0.29) is 22.7 Å². The molecule has 1 aliphatic rings. The van der Waals surface area contributed by atoms with Crippen LogP contribution in [0.15, 0.2) is 30.3 Å². The highest BCUT2D eigenvalue weighted by Gasteiger charge is 2.69. The lowest BCUT2D eigenvalue weighted by atomic mass is 10.0. The third-order valence-corrected chi connectivity index (χ3v) is 8.03. The van der Waals surface area contributed by atoms with Crippen molar-refractivity contribution in [2.24, 2.45) is 16.7 Å². The standard InChI is InChI=1S/C21H26INOS/c1-13-10-17(25-14(13)2)23(12-15-8-7-9-16(22)11-15)19(24)18-20(3,4)21(18,5)6/h7-11,18H,12H2,1-6H3. The maximum absolute atomic E-state index is 13.5. The molecule has 2 aromatic rings. The van der Waals surface area contributed by atoms with E-state index in [1.165, 1.54) is 19.6 Å². The van der Waals surface area contributed by atoms with Crippen LogP contribution in [-0.4, -0.2) is 5.91 Å². The van der Waals surface area contributed by atoms with Gasteiger partial charge in [-0.15, -0.1) is 11.3 Å². The van der Waals surface area contributed by atoms with Crippen LogP contribution < -0.4 is 4.90 Å². The molecule has 0 bridgehead atoms. The first-order chi connectivity index (χ1) is 11.6. The van der Waals surface area contributed by atoms with Crippen LogP contribution in [0.5, 0.6) is 0 Å². The molecule has 0 N–H and O–H groups in total. The number of anilines is 1. The molecule has 1 aromatic heterocycles. The summed E-state index contributed by atoms with van der Waals surface area (Å²) in [5.41, 5.74) is 2.54. The lowest BCUT2D eigenvalue weighted by Crippen LogP contribution is -2.33. The van der Waals surface area contributed by atoms with E-state index in [1.807, 2.05) is 4.90 Å². The highest BCUT2D eigenvalue weighted by atomic mass is 127. The zero-order chi connectivity index (χ0) is 18.6. The molecular weight excluding hydrogens is 441 g/mol. The molecular formula is C21H26INOS. The second kappa shape index (κ2) is 6.38. The van der Waals surface area contributed by atoms with Crippen molar-refractivity contribution in [3.8, 4) is 0 Å². The fourth-order valence-electron chi connectivity index (χ4n) is 3.74. The fourth-order valence-corrected chi connectivity index (χ4v) is 5.38. The Hall–Kier alpha value is -0.880. The quantitative estimate of drug-likeness (QED) is 0.492. The van der Waals surface area contributed by atoms with Gasteiger partial charge in [0.15, 0.2) is 0 Å². The average molecular weight is 467 g/mol. The molecule has 25 heavy (non-hydrogen) atoms. The number of aryl methyl sites for hydroxylation is 2. The molecule has 0 radical (unpaired) electrons. The van der Waals surface area contributed by atoms with E-state index < -0.39 is 0 Å².